The summed E-state index contributed by atoms with van der Waals surface area (Å²) in [5.74, 6) is 1.05. The van der Waals surface area contributed by atoms with Gasteiger partial charge >= 0.3 is 0 Å². The van der Waals surface area contributed by atoms with Crippen molar-refractivity contribution < 1.29 is 17.3 Å². The van der Waals surface area contributed by atoms with E-state index in [1.807, 2.05) is 4.90 Å². The Morgan fingerprint density at radius 3 is 2.12 bits per heavy atom. The molecule has 1 fully saturated rings. The molecule has 0 bridgehead atoms. The lowest BCUT2D eigenvalue weighted by atomic mass is 9.94. The van der Waals surface area contributed by atoms with Crippen molar-refractivity contribution >= 4 is 0 Å². The minimum atomic E-state index is 0. The molecule has 1 nitrogen and oxygen atoms in total. The van der Waals surface area contributed by atoms with E-state index in [2.05, 4.69) is 13.8 Å². The lowest BCUT2D eigenvalue weighted by Crippen LogP contribution is -3.13. The van der Waals surface area contributed by atoms with Gasteiger partial charge in [-0.05, 0) is 31.6 Å². The number of piperidine rings is 1. The molecule has 16 heavy (non-hydrogen) atoms. The molecule has 0 atom stereocenters. The van der Waals surface area contributed by atoms with E-state index in [1.54, 1.807) is 0 Å². The summed E-state index contributed by atoms with van der Waals surface area (Å²) in [7, 11) is 0. The van der Waals surface area contributed by atoms with Crippen molar-refractivity contribution in [2.45, 2.75) is 65.2 Å². The number of hydrogen-bond acceptors (Lipinski definition) is 0. The second kappa shape index (κ2) is 10.4. The normalized spacial score (nSPS) is 25.1. The van der Waals surface area contributed by atoms with Crippen LogP contribution in [0.2, 0.25) is 0 Å². The fourth-order valence-corrected chi connectivity index (χ4v) is 2.72. The average Bonchev–Trinajstić information content (AvgIpc) is 2.30. The number of halogens is 1. The van der Waals surface area contributed by atoms with Gasteiger partial charge in [-0.1, -0.05) is 39.5 Å². The van der Waals surface area contributed by atoms with Gasteiger partial charge in [-0.2, -0.15) is 0 Å². The highest BCUT2D eigenvalue weighted by atomic mass is 35.5. The first-order valence-corrected chi connectivity index (χ1v) is 7.20. The summed E-state index contributed by atoms with van der Waals surface area (Å²) in [6, 6.07) is 0. The van der Waals surface area contributed by atoms with Gasteiger partial charge in [-0.25, -0.2) is 0 Å². The Kier molecular flexibility index (Phi) is 10.6. The van der Waals surface area contributed by atoms with E-state index in [9.17, 15) is 0 Å². The van der Waals surface area contributed by atoms with Crippen molar-refractivity contribution in [2.75, 3.05) is 19.6 Å². The van der Waals surface area contributed by atoms with E-state index in [1.165, 1.54) is 71.0 Å². The maximum absolute atomic E-state index is 2.35. The van der Waals surface area contributed by atoms with Crippen molar-refractivity contribution in [2.24, 2.45) is 5.92 Å². The van der Waals surface area contributed by atoms with Gasteiger partial charge in [0.2, 0.25) is 0 Å². The first kappa shape index (κ1) is 16.2. The Labute approximate surface area is 108 Å². The molecule has 1 heterocycles. The van der Waals surface area contributed by atoms with Crippen LogP contribution in [0.15, 0.2) is 0 Å². The average molecular weight is 248 g/mol. The van der Waals surface area contributed by atoms with E-state index in [4.69, 9.17) is 0 Å². The summed E-state index contributed by atoms with van der Waals surface area (Å²) in [4.78, 5) is 1.89. The minimum absolute atomic E-state index is 0. The highest BCUT2D eigenvalue weighted by molar-refractivity contribution is 4.59. The van der Waals surface area contributed by atoms with E-state index in [0.717, 1.165) is 5.92 Å². The molecule has 0 saturated carbocycles. The molecular formula is C14H30ClN. The monoisotopic (exact) mass is 247 g/mol. The van der Waals surface area contributed by atoms with Gasteiger partial charge in [0.05, 0.1) is 19.6 Å². The van der Waals surface area contributed by atoms with Crippen LogP contribution in [0.5, 0.6) is 0 Å². The Balaban J connectivity index is 0.00000225. The summed E-state index contributed by atoms with van der Waals surface area (Å²) in [5.41, 5.74) is 0. The SMILES string of the molecule is CCCCCCC[NH+]1CCC(CC)CC1.[Cl-]. The third kappa shape index (κ3) is 6.75. The van der Waals surface area contributed by atoms with E-state index in [0.29, 0.717) is 0 Å². The molecule has 0 aliphatic carbocycles. The zero-order chi connectivity index (χ0) is 10.9. The molecule has 1 aliphatic rings. The van der Waals surface area contributed by atoms with E-state index < -0.39 is 0 Å². The summed E-state index contributed by atoms with van der Waals surface area (Å²) >= 11 is 0. The van der Waals surface area contributed by atoms with Crippen molar-refractivity contribution in [1.29, 1.82) is 0 Å². The number of quaternary nitrogens is 1. The second-order valence-electron chi connectivity index (χ2n) is 5.27. The molecule has 0 spiro atoms. The van der Waals surface area contributed by atoms with Crippen LogP contribution in [0.25, 0.3) is 0 Å². The standard InChI is InChI=1S/C14H29N.ClH/c1-3-5-6-7-8-11-15-12-9-14(4-2)10-13-15;/h14H,3-13H2,1-2H3;1H. The van der Waals surface area contributed by atoms with Crippen LogP contribution in [0.1, 0.15) is 65.2 Å². The molecule has 1 aliphatic heterocycles. The van der Waals surface area contributed by atoms with Crippen LogP contribution in [0, 0.1) is 5.92 Å². The molecule has 1 rings (SSSR count). The molecule has 0 aromatic heterocycles. The Morgan fingerprint density at radius 2 is 1.56 bits per heavy atom. The van der Waals surface area contributed by atoms with Crippen LogP contribution in [-0.4, -0.2) is 19.6 Å². The summed E-state index contributed by atoms with van der Waals surface area (Å²) in [6.07, 6.45) is 11.6. The molecule has 1 N–H and O–H groups in total. The number of hydrogen-bond donors (Lipinski definition) is 1. The van der Waals surface area contributed by atoms with Gasteiger partial charge in [0, 0.05) is 0 Å². The van der Waals surface area contributed by atoms with Crippen LogP contribution in [0.3, 0.4) is 0 Å². The summed E-state index contributed by atoms with van der Waals surface area (Å²) in [6.45, 7) is 8.99. The van der Waals surface area contributed by atoms with Gasteiger partial charge in [0.1, 0.15) is 0 Å². The first-order valence-electron chi connectivity index (χ1n) is 7.20. The van der Waals surface area contributed by atoms with E-state index >= 15 is 0 Å². The number of nitrogens with one attached hydrogen (secondary N) is 1. The van der Waals surface area contributed by atoms with Gasteiger partial charge in [-0.3, -0.25) is 0 Å². The zero-order valence-corrected chi connectivity index (χ0v) is 12.0. The predicted octanol–water partition coefficient (Wildman–Crippen LogP) is -0.334. The number of rotatable bonds is 7. The topological polar surface area (TPSA) is 4.44 Å². The largest absolute Gasteiger partial charge is 1.00 e. The third-order valence-corrected chi connectivity index (χ3v) is 4.02. The predicted molar refractivity (Wildman–Crippen MR) is 67.3 cm³/mol. The Hall–Kier alpha value is 0.250. The van der Waals surface area contributed by atoms with E-state index in [-0.39, 0.29) is 12.4 Å². The van der Waals surface area contributed by atoms with Gasteiger partial charge in [-0.15, -0.1) is 0 Å². The second-order valence-corrected chi connectivity index (χ2v) is 5.27. The van der Waals surface area contributed by atoms with Crippen LogP contribution in [0.4, 0.5) is 0 Å². The van der Waals surface area contributed by atoms with Crippen molar-refractivity contribution in [1.82, 2.24) is 0 Å². The molecule has 98 valence electrons. The lowest BCUT2D eigenvalue weighted by molar-refractivity contribution is -0.906. The lowest BCUT2D eigenvalue weighted by Gasteiger charge is -2.28. The van der Waals surface area contributed by atoms with Gasteiger partial charge < -0.3 is 17.3 Å². The Bertz CT molecular complexity index is 142. The highest BCUT2D eigenvalue weighted by Gasteiger charge is 2.19. The Morgan fingerprint density at radius 1 is 0.938 bits per heavy atom. The van der Waals surface area contributed by atoms with Gasteiger partial charge in [0.25, 0.3) is 0 Å². The van der Waals surface area contributed by atoms with Crippen molar-refractivity contribution in [3.8, 4) is 0 Å². The highest BCUT2D eigenvalue weighted by Crippen LogP contribution is 2.12. The quantitative estimate of drug-likeness (QED) is 0.588. The fraction of sp³-hybridized carbons (Fsp3) is 1.00. The summed E-state index contributed by atoms with van der Waals surface area (Å²) < 4.78 is 0. The number of unbranched alkanes of at least 4 members (excludes halogenated alkanes) is 4. The molecule has 0 amide bonds. The van der Waals surface area contributed by atoms with Crippen LogP contribution in [-0.2, 0) is 0 Å². The molecule has 0 aromatic rings. The maximum atomic E-state index is 2.35. The fourth-order valence-electron chi connectivity index (χ4n) is 2.72. The molecule has 2 heteroatoms. The maximum Gasteiger partial charge on any atom is 0.0773 e. The van der Waals surface area contributed by atoms with Crippen LogP contribution < -0.4 is 17.3 Å². The zero-order valence-electron chi connectivity index (χ0n) is 11.2. The smallest absolute Gasteiger partial charge is 0.0773 e. The molecular weight excluding hydrogens is 218 g/mol. The molecule has 0 aromatic carbocycles. The first-order chi connectivity index (χ1) is 7.36. The van der Waals surface area contributed by atoms with Crippen molar-refractivity contribution in [3.05, 3.63) is 0 Å². The number of likely N-dealkylation sites (tertiary alicyclic amines) is 1. The van der Waals surface area contributed by atoms with Gasteiger partial charge in [0.15, 0.2) is 0 Å². The van der Waals surface area contributed by atoms with Crippen molar-refractivity contribution in [3.63, 3.8) is 0 Å². The molecule has 0 unspecified atom stereocenters. The summed E-state index contributed by atoms with van der Waals surface area (Å²) in [5, 5.41) is 0. The van der Waals surface area contributed by atoms with Crippen LogP contribution >= 0.6 is 0 Å². The minimum Gasteiger partial charge on any atom is -1.00 e. The molecule has 0 radical (unpaired) electrons. The third-order valence-electron chi connectivity index (χ3n) is 4.02. The molecule has 1 saturated heterocycles.